The monoisotopic (exact) mass is 149 g/mol. The molecule has 1 N–H and O–H groups in total. The molecule has 0 unspecified atom stereocenters. The Hall–Kier alpha value is -0.560. The van der Waals surface area contributed by atoms with Gasteiger partial charge in [-0.3, -0.25) is 0 Å². The van der Waals surface area contributed by atoms with Crippen LogP contribution in [0.3, 0.4) is 0 Å². The van der Waals surface area contributed by atoms with Crippen LogP contribution in [-0.2, 0) is 0 Å². The first-order chi connectivity index (χ1) is 5.41. The van der Waals surface area contributed by atoms with E-state index in [2.05, 4.69) is 29.6 Å². The molecule has 0 aromatic heterocycles. The van der Waals surface area contributed by atoms with Crippen LogP contribution >= 0.6 is 0 Å². The molecule has 0 aromatic carbocycles. The Balaban J connectivity index is 2.08. The van der Waals surface area contributed by atoms with E-state index in [-0.39, 0.29) is 0 Å². The molecule has 0 bridgehead atoms. The molecule has 1 spiro atoms. The minimum Gasteiger partial charge on any atom is -0.317 e. The first-order valence-electron chi connectivity index (χ1n) is 4.46. The number of hydrogen-bond acceptors (Lipinski definition) is 1. The topological polar surface area (TPSA) is 12.0 Å². The Kier molecular flexibility index (Phi) is 1.82. The lowest BCUT2D eigenvalue weighted by Gasteiger charge is -2.35. The van der Waals surface area contributed by atoms with E-state index in [1.54, 1.807) is 0 Å². The molecule has 1 fully saturated rings. The van der Waals surface area contributed by atoms with Gasteiger partial charge in [0.05, 0.1) is 0 Å². The van der Waals surface area contributed by atoms with Gasteiger partial charge in [0.2, 0.25) is 0 Å². The molecule has 1 heteroatoms. The fourth-order valence-corrected chi connectivity index (χ4v) is 2.00. The smallest absolute Gasteiger partial charge is 0.00405 e. The Bertz CT molecular complexity index is 185. The fraction of sp³-hybridized carbons (Fsp3) is 0.600. The molecule has 1 saturated heterocycles. The lowest BCUT2D eigenvalue weighted by atomic mass is 9.74. The average Bonchev–Trinajstić information content (AvgIpc) is 2.07. The van der Waals surface area contributed by atoms with Gasteiger partial charge in [0.1, 0.15) is 0 Å². The maximum Gasteiger partial charge on any atom is -0.00405 e. The summed E-state index contributed by atoms with van der Waals surface area (Å²) in [6.45, 7) is 2.39. The van der Waals surface area contributed by atoms with Gasteiger partial charge >= 0.3 is 0 Å². The Morgan fingerprint density at radius 3 is 2.55 bits per heavy atom. The van der Waals surface area contributed by atoms with Crippen molar-refractivity contribution < 1.29 is 0 Å². The predicted octanol–water partition coefficient (Wildman–Crippen LogP) is 1.87. The summed E-state index contributed by atoms with van der Waals surface area (Å²) in [7, 11) is 0. The van der Waals surface area contributed by atoms with Gasteiger partial charge < -0.3 is 5.32 Å². The van der Waals surface area contributed by atoms with Crippen molar-refractivity contribution in [2.75, 3.05) is 13.1 Å². The summed E-state index contributed by atoms with van der Waals surface area (Å²) in [5, 5.41) is 3.40. The summed E-state index contributed by atoms with van der Waals surface area (Å²) in [6.07, 6.45) is 12.9. The van der Waals surface area contributed by atoms with Crippen molar-refractivity contribution in [3.63, 3.8) is 0 Å². The molecule has 0 atom stereocenters. The van der Waals surface area contributed by atoms with E-state index >= 15 is 0 Å². The second-order valence-corrected chi connectivity index (χ2v) is 3.60. The molecule has 2 aliphatic rings. The molecule has 11 heavy (non-hydrogen) atoms. The minimum atomic E-state index is 0.528. The van der Waals surface area contributed by atoms with Crippen molar-refractivity contribution in [3.8, 4) is 0 Å². The lowest BCUT2D eigenvalue weighted by Crippen LogP contribution is -2.35. The van der Waals surface area contributed by atoms with Crippen molar-refractivity contribution in [2.45, 2.75) is 19.3 Å². The van der Waals surface area contributed by atoms with E-state index in [4.69, 9.17) is 0 Å². The highest BCUT2D eigenvalue weighted by Gasteiger charge is 2.28. The van der Waals surface area contributed by atoms with Crippen molar-refractivity contribution in [3.05, 3.63) is 24.3 Å². The van der Waals surface area contributed by atoms with Crippen molar-refractivity contribution in [1.82, 2.24) is 5.32 Å². The molecule has 60 valence electrons. The molecular formula is C10H15N. The second-order valence-electron chi connectivity index (χ2n) is 3.60. The molecule has 1 aliphatic heterocycles. The van der Waals surface area contributed by atoms with Gasteiger partial charge in [-0.25, -0.2) is 0 Å². The fourth-order valence-electron chi connectivity index (χ4n) is 2.00. The minimum absolute atomic E-state index is 0.528. The zero-order chi connectivity index (χ0) is 7.57. The SMILES string of the molecule is C1=CCC2(C=C1)CCNCC2. The van der Waals surface area contributed by atoms with Gasteiger partial charge in [-0.1, -0.05) is 24.3 Å². The van der Waals surface area contributed by atoms with Crippen LogP contribution in [0.2, 0.25) is 0 Å². The lowest BCUT2D eigenvalue weighted by molar-refractivity contribution is 0.273. The quantitative estimate of drug-likeness (QED) is 0.554. The summed E-state index contributed by atoms with van der Waals surface area (Å²) >= 11 is 0. The number of rotatable bonds is 0. The molecule has 1 aliphatic carbocycles. The number of nitrogens with one attached hydrogen (secondary N) is 1. The van der Waals surface area contributed by atoms with E-state index < -0.39 is 0 Å². The normalized spacial score (nSPS) is 27.6. The third kappa shape index (κ3) is 1.38. The predicted molar refractivity (Wildman–Crippen MR) is 47.4 cm³/mol. The van der Waals surface area contributed by atoms with Crippen molar-refractivity contribution in [2.24, 2.45) is 5.41 Å². The van der Waals surface area contributed by atoms with Crippen LogP contribution in [-0.4, -0.2) is 13.1 Å². The highest BCUT2D eigenvalue weighted by Crippen LogP contribution is 2.36. The van der Waals surface area contributed by atoms with E-state index in [1.165, 1.54) is 32.4 Å². The molecule has 1 nitrogen and oxygen atoms in total. The summed E-state index contributed by atoms with van der Waals surface area (Å²) in [5.41, 5.74) is 0.528. The highest BCUT2D eigenvalue weighted by atomic mass is 14.9. The number of piperidine rings is 1. The van der Waals surface area contributed by atoms with Gasteiger partial charge in [-0.2, -0.15) is 0 Å². The van der Waals surface area contributed by atoms with Gasteiger partial charge in [0.25, 0.3) is 0 Å². The first-order valence-corrected chi connectivity index (χ1v) is 4.46. The van der Waals surface area contributed by atoms with Gasteiger partial charge in [-0.05, 0) is 37.8 Å². The van der Waals surface area contributed by atoms with Gasteiger partial charge in [0.15, 0.2) is 0 Å². The van der Waals surface area contributed by atoms with Gasteiger partial charge in [0, 0.05) is 0 Å². The van der Waals surface area contributed by atoms with Crippen LogP contribution in [0.5, 0.6) is 0 Å². The molecule has 0 radical (unpaired) electrons. The van der Waals surface area contributed by atoms with Crippen LogP contribution in [0.1, 0.15) is 19.3 Å². The Morgan fingerprint density at radius 2 is 1.91 bits per heavy atom. The van der Waals surface area contributed by atoms with Crippen LogP contribution in [0.4, 0.5) is 0 Å². The zero-order valence-electron chi connectivity index (χ0n) is 6.84. The third-order valence-electron chi connectivity index (χ3n) is 2.82. The first kappa shape index (κ1) is 7.11. The average molecular weight is 149 g/mol. The van der Waals surface area contributed by atoms with Crippen LogP contribution in [0.25, 0.3) is 0 Å². The van der Waals surface area contributed by atoms with Crippen molar-refractivity contribution in [1.29, 1.82) is 0 Å². The molecule has 0 amide bonds. The highest BCUT2D eigenvalue weighted by molar-refractivity contribution is 5.17. The van der Waals surface area contributed by atoms with Crippen LogP contribution in [0.15, 0.2) is 24.3 Å². The summed E-state index contributed by atoms with van der Waals surface area (Å²) in [4.78, 5) is 0. The Labute approximate surface area is 68.2 Å². The largest absolute Gasteiger partial charge is 0.317 e. The second kappa shape index (κ2) is 2.82. The third-order valence-corrected chi connectivity index (χ3v) is 2.82. The molecule has 0 saturated carbocycles. The maximum atomic E-state index is 3.40. The van der Waals surface area contributed by atoms with Crippen LogP contribution < -0.4 is 5.32 Å². The maximum absolute atomic E-state index is 3.40. The molecule has 2 rings (SSSR count). The number of hydrogen-bond donors (Lipinski definition) is 1. The summed E-state index contributed by atoms with van der Waals surface area (Å²) in [6, 6.07) is 0. The molecular weight excluding hydrogens is 134 g/mol. The van der Waals surface area contributed by atoms with Crippen LogP contribution in [0, 0.1) is 5.41 Å². The van der Waals surface area contributed by atoms with Gasteiger partial charge in [-0.15, -0.1) is 0 Å². The van der Waals surface area contributed by atoms with E-state index in [0.29, 0.717) is 5.41 Å². The van der Waals surface area contributed by atoms with E-state index in [0.717, 1.165) is 0 Å². The van der Waals surface area contributed by atoms with E-state index in [9.17, 15) is 0 Å². The molecule has 1 heterocycles. The standard InChI is InChI=1S/C10H15N/c1-2-4-10(5-3-1)6-8-11-9-7-10/h1-4,11H,5-9H2. The van der Waals surface area contributed by atoms with E-state index in [1.807, 2.05) is 0 Å². The molecule has 0 aromatic rings. The van der Waals surface area contributed by atoms with Crippen molar-refractivity contribution >= 4 is 0 Å². The summed E-state index contributed by atoms with van der Waals surface area (Å²) in [5.74, 6) is 0. The number of allylic oxidation sites excluding steroid dienone is 4. The summed E-state index contributed by atoms with van der Waals surface area (Å²) < 4.78 is 0. The Morgan fingerprint density at radius 1 is 1.09 bits per heavy atom. The zero-order valence-corrected chi connectivity index (χ0v) is 6.84.